The fraction of sp³-hybridized carbons (Fsp3) is 0.609. The van der Waals surface area contributed by atoms with Gasteiger partial charge in [0.15, 0.2) is 0 Å². The molecule has 1 saturated carbocycles. The second-order valence-corrected chi connectivity index (χ2v) is 8.57. The van der Waals surface area contributed by atoms with E-state index in [9.17, 15) is 9.59 Å². The first-order valence-electron chi connectivity index (χ1n) is 11.1. The topological polar surface area (TPSA) is 76.5 Å². The summed E-state index contributed by atoms with van der Waals surface area (Å²) < 4.78 is 7.10. The van der Waals surface area contributed by atoms with Crippen molar-refractivity contribution in [2.24, 2.45) is 7.05 Å². The van der Waals surface area contributed by atoms with Crippen molar-refractivity contribution in [3.8, 4) is 0 Å². The third-order valence-corrected chi connectivity index (χ3v) is 6.73. The Hall–Kier alpha value is -2.25. The number of rotatable bonds is 6. The number of morpholine rings is 1. The van der Waals surface area contributed by atoms with Crippen molar-refractivity contribution >= 4 is 16.8 Å². The second-order valence-electron chi connectivity index (χ2n) is 8.57. The molecule has 0 spiro atoms. The van der Waals surface area contributed by atoms with E-state index in [2.05, 4.69) is 15.2 Å². The van der Waals surface area contributed by atoms with Crippen molar-refractivity contribution in [2.45, 2.75) is 50.5 Å². The van der Waals surface area contributed by atoms with Crippen molar-refractivity contribution in [3.05, 3.63) is 40.4 Å². The number of amides is 1. The first kappa shape index (κ1) is 21.0. The van der Waals surface area contributed by atoms with Gasteiger partial charge in [0.25, 0.3) is 5.56 Å². The molecule has 1 aliphatic carbocycles. The van der Waals surface area contributed by atoms with E-state index in [0.717, 1.165) is 39.1 Å². The average molecular weight is 413 g/mol. The Morgan fingerprint density at radius 2 is 1.90 bits per heavy atom. The highest BCUT2D eigenvalue weighted by Gasteiger charge is 2.38. The van der Waals surface area contributed by atoms with E-state index in [4.69, 9.17) is 4.74 Å². The predicted molar refractivity (Wildman–Crippen MR) is 117 cm³/mol. The number of nitrogens with zero attached hydrogens (tertiary/aromatic N) is 3. The molecule has 0 bridgehead atoms. The maximum atomic E-state index is 12.7. The molecule has 30 heavy (non-hydrogen) atoms. The minimum Gasteiger partial charge on any atom is -0.379 e. The third-order valence-electron chi connectivity index (χ3n) is 6.73. The molecule has 1 aliphatic heterocycles. The largest absolute Gasteiger partial charge is 0.379 e. The quantitative estimate of drug-likeness (QED) is 0.786. The molecule has 2 aliphatic rings. The molecule has 2 aromatic rings. The van der Waals surface area contributed by atoms with Crippen LogP contribution in [-0.2, 0) is 23.0 Å². The van der Waals surface area contributed by atoms with Crippen molar-refractivity contribution in [1.29, 1.82) is 0 Å². The predicted octanol–water partition coefficient (Wildman–Crippen LogP) is 2.02. The van der Waals surface area contributed by atoms with E-state index < -0.39 is 0 Å². The molecule has 1 aromatic heterocycles. The Labute approximate surface area is 177 Å². The van der Waals surface area contributed by atoms with E-state index >= 15 is 0 Å². The average Bonchev–Trinajstić information content (AvgIpc) is 2.80. The SMILES string of the molecule is Cn1c(CCC(=O)NCC2(N3CCOCC3)CCCCC2)nc2ccccc2c1=O. The summed E-state index contributed by atoms with van der Waals surface area (Å²) in [7, 11) is 1.73. The summed E-state index contributed by atoms with van der Waals surface area (Å²) in [6, 6.07) is 7.35. The number of aryl methyl sites for hydroxylation is 1. The standard InChI is InChI=1S/C23H32N4O3/c1-26-20(25-19-8-4-3-7-18(19)22(26)29)9-10-21(28)24-17-23(11-5-2-6-12-23)27-13-15-30-16-14-27/h3-4,7-8H,2,5-6,9-17H2,1H3,(H,24,28). The smallest absolute Gasteiger partial charge is 0.261 e. The van der Waals surface area contributed by atoms with Crippen LogP contribution in [0.5, 0.6) is 0 Å². The number of hydrogen-bond acceptors (Lipinski definition) is 5. The fourth-order valence-electron chi connectivity index (χ4n) is 4.92. The lowest BCUT2D eigenvalue weighted by molar-refractivity contribution is -0.122. The summed E-state index contributed by atoms with van der Waals surface area (Å²) in [5.74, 6) is 0.671. The van der Waals surface area contributed by atoms with Gasteiger partial charge in [0, 0.05) is 45.1 Å². The van der Waals surface area contributed by atoms with Crippen molar-refractivity contribution in [2.75, 3.05) is 32.8 Å². The van der Waals surface area contributed by atoms with Crippen LogP contribution < -0.4 is 10.9 Å². The molecular weight excluding hydrogens is 380 g/mol. The maximum absolute atomic E-state index is 12.7. The fourth-order valence-corrected chi connectivity index (χ4v) is 4.92. The number of ether oxygens (including phenoxy) is 1. The van der Waals surface area contributed by atoms with E-state index in [1.165, 1.54) is 19.3 Å². The van der Waals surface area contributed by atoms with E-state index in [-0.39, 0.29) is 17.0 Å². The Morgan fingerprint density at radius 1 is 1.17 bits per heavy atom. The number of aromatic nitrogens is 2. The zero-order valence-corrected chi connectivity index (χ0v) is 17.9. The van der Waals surface area contributed by atoms with Gasteiger partial charge in [-0.3, -0.25) is 19.1 Å². The van der Waals surface area contributed by atoms with Crippen LogP contribution in [0.3, 0.4) is 0 Å². The normalized spacial score (nSPS) is 19.6. The summed E-state index contributed by atoms with van der Waals surface area (Å²) >= 11 is 0. The molecule has 1 N–H and O–H groups in total. The molecule has 1 amide bonds. The van der Waals surface area contributed by atoms with Gasteiger partial charge in [0.2, 0.25) is 5.91 Å². The lowest BCUT2D eigenvalue weighted by Crippen LogP contribution is -2.59. The van der Waals surface area contributed by atoms with Crippen LogP contribution >= 0.6 is 0 Å². The van der Waals surface area contributed by atoms with Gasteiger partial charge in [-0.25, -0.2) is 4.98 Å². The first-order chi connectivity index (χ1) is 14.6. The molecule has 2 heterocycles. The van der Waals surface area contributed by atoms with E-state index in [0.29, 0.717) is 36.1 Å². The Bertz CT molecular complexity index is 943. The molecular formula is C23H32N4O3. The van der Waals surface area contributed by atoms with Crippen LogP contribution in [0.1, 0.15) is 44.3 Å². The number of hydrogen-bond donors (Lipinski definition) is 1. The molecule has 162 valence electrons. The van der Waals surface area contributed by atoms with Gasteiger partial charge in [-0.2, -0.15) is 0 Å². The molecule has 7 heteroatoms. The molecule has 7 nitrogen and oxygen atoms in total. The summed E-state index contributed by atoms with van der Waals surface area (Å²) in [6.07, 6.45) is 6.77. The van der Waals surface area contributed by atoms with E-state index in [1.807, 2.05) is 18.2 Å². The Balaban J connectivity index is 1.39. The number of fused-ring (bicyclic) bond motifs is 1. The summed E-state index contributed by atoms with van der Waals surface area (Å²) in [6.45, 7) is 4.13. The zero-order valence-electron chi connectivity index (χ0n) is 17.9. The van der Waals surface area contributed by atoms with Crippen LogP contribution in [-0.4, -0.2) is 58.7 Å². The van der Waals surface area contributed by atoms with Crippen molar-refractivity contribution in [1.82, 2.24) is 19.8 Å². The van der Waals surface area contributed by atoms with Crippen molar-refractivity contribution < 1.29 is 9.53 Å². The van der Waals surface area contributed by atoms with Gasteiger partial charge in [-0.05, 0) is 25.0 Å². The van der Waals surface area contributed by atoms with Gasteiger partial charge >= 0.3 is 0 Å². The van der Waals surface area contributed by atoms with Crippen LogP contribution in [0.25, 0.3) is 10.9 Å². The minimum absolute atomic E-state index is 0.0237. The van der Waals surface area contributed by atoms with Crippen LogP contribution in [0.2, 0.25) is 0 Å². The molecule has 0 unspecified atom stereocenters. The van der Waals surface area contributed by atoms with Gasteiger partial charge in [-0.1, -0.05) is 31.4 Å². The van der Waals surface area contributed by atoms with Gasteiger partial charge < -0.3 is 10.1 Å². The Morgan fingerprint density at radius 3 is 2.67 bits per heavy atom. The highest BCUT2D eigenvalue weighted by molar-refractivity contribution is 5.78. The summed E-state index contributed by atoms with van der Waals surface area (Å²) in [5, 5.41) is 3.80. The third kappa shape index (κ3) is 4.42. The van der Waals surface area contributed by atoms with Gasteiger partial charge in [-0.15, -0.1) is 0 Å². The lowest BCUT2D eigenvalue weighted by atomic mass is 9.79. The molecule has 0 radical (unpaired) electrons. The zero-order chi connectivity index (χ0) is 21.0. The molecule has 4 rings (SSSR count). The molecule has 0 atom stereocenters. The monoisotopic (exact) mass is 412 g/mol. The number of carbonyl (C=O) groups excluding carboxylic acids is 1. The van der Waals surface area contributed by atoms with Crippen LogP contribution in [0.4, 0.5) is 0 Å². The minimum atomic E-state index is -0.0653. The number of nitrogens with one attached hydrogen (secondary N) is 1. The summed E-state index contributed by atoms with van der Waals surface area (Å²) in [5.41, 5.74) is 0.681. The number of para-hydroxylation sites is 1. The van der Waals surface area contributed by atoms with Gasteiger partial charge in [0.1, 0.15) is 5.82 Å². The lowest BCUT2D eigenvalue weighted by Gasteiger charge is -2.48. The van der Waals surface area contributed by atoms with E-state index in [1.54, 1.807) is 17.7 Å². The number of benzene rings is 1. The summed E-state index contributed by atoms with van der Waals surface area (Å²) in [4.78, 5) is 32.4. The van der Waals surface area contributed by atoms with Crippen LogP contribution in [0.15, 0.2) is 29.1 Å². The van der Waals surface area contributed by atoms with Gasteiger partial charge in [0.05, 0.1) is 24.1 Å². The highest BCUT2D eigenvalue weighted by Crippen LogP contribution is 2.33. The van der Waals surface area contributed by atoms with Crippen molar-refractivity contribution in [3.63, 3.8) is 0 Å². The second kappa shape index (κ2) is 9.27. The maximum Gasteiger partial charge on any atom is 0.261 e. The number of carbonyl (C=O) groups is 1. The molecule has 1 saturated heterocycles. The highest BCUT2D eigenvalue weighted by atomic mass is 16.5. The van der Waals surface area contributed by atoms with Crippen LogP contribution in [0, 0.1) is 0 Å². The Kier molecular flexibility index (Phi) is 6.49. The first-order valence-corrected chi connectivity index (χ1v) is 11.1. The molecule has 2 fully saturated rings. The molecule has 1 aromatic carbocycles.